The van der Waals surface area contributed by atoms with E-state index in [0.29, 0.717) is 21.6 Å². The predicted octanol–water partition coefficient (Wildman–Crippen LogP) is 3.34. The van der Waals surface area contributed by atoms with E-state index < -0.39 is 0 Å². The highest BCUT2D eigenvalue weighted by molar-refractivity contribution is 5.95. The van der Waals surface area contributed by atoms with Gasteiger partial charge in [-0.3, -0.25) is 0 Å². The molecule has 5 heteroatoms. The first-order chi connectivity index (χ1) is 9.88. The van der Waals surface area contributed by atoms with E-state index in [9.17, 15) is 10.3 Å². The van der Waals surface area contributed by atoms with Crippen LogP contribution in [0.3, 0.4) is 0 Å². The molecule has 0 saturated carbocycles. The molecule has 108 valence electrons. The summed E-state index contributed by atoms with van der Waals surface area (Å²) < 4.78 is 0. The lowest BCUT2D eigenvalue weighted by atomic mass is 9.81. The minimum absolute atomic E-state index is 0.134. The van der Waals surface area contributed by atoms with Gasteiger partial charge in [0.05, 0.1) is 0 Å². The van der Waals surface area contributed by atoms with Crippen LogP contribution in [-0.2, 0) is 5.41 Å². The molecule has 0 saturated heterocycles. The fourth-order valence-electron chi connectivity index (χ4n) is 2.55. The summed E-state index contributed by atoms with van der Waals surface area (Å²) in [7, 11) is 0. The molecule has 2 N–H and O–H groups in total. The van der Waals surface area contributed by atoms with E-state index in [4.69, 9.17) is 0 Å². The highest BCUT2D eigenvalue weighted by Crippen LogP contribution is 2.40. The molecule has 0 aliphatic heterocycles. The van der Waals surface area contributed by atoms with Crippen molar-refractivity contribution in [1.82, 2.24) is 15.2 Å². The Kier molecular flexibility index (Phi) is 2.86. The molecule has 0 unspecified atom stereocenters. The number of phenolic OH excluding ortho intramolecular Hbond substituents is 1. The van der Waals surface area contributed by atoms with Gasteiger partial charge in [0.2, 0.25) is 0 Å². The molecular weight excluding hydrogens is 266 g/mol. The van der Waals surface area contributed by atoms with Crippen LogP contribution in [0.25, 0.3) is 22.2 Å². The van der Waals surface area contributed by atoms with Gasteiger partial charge in [-0.25, -0.2) is 0 Å². The fourth-order valence-corrected chi connectivity index (χ4v) is 2.55. The third-order valence-electron chi connectivity index (χ3n) is 3.52. The van der Waals surface area contributed by atoms with Crippen LogP contribution >= 0.6 is 0 Å². The van der Waals surface area contributed by atoms with Crippen LogP contribution in [0.1, 0.15) is 26.3 Å². The third kappa shape index (κ3) is 2.20. The Balaban J connectivity index is 2.44. The Bertz CT molecular complexity index is 816. The maximum atomic E-state index is 10.2. The molecule has 3 rings (SSSR count). The largest absolute Gasteiger partial charge is 0.507 e. The van der Waals surface area contributed by atoms with E-state index in [-0.39, 0.29) is 11.2 Å². The Morgan fingerprint density at radius 3 is 2.38 bits per heavy atom. The van der Waals surface area contributed by atoms with E-state index in [1.54, 1.807) is 12.1 Å². The van der Waals surface area contributed by atoms with Crippen molar-refractivity contribution in [1.29, 1.82) is 0 Å². The van der Waals surface area contributed by atoms with Crippen LogP contribution in [0.2, 0.25) is 0 Å². The second-order valence-electron chi connectivity index (χ2n) is 6.09. The maximum absolute atomic E-state index is 10.2. The smallest absolute Gasteiger partial charge is 0.125 e. The lowest BCUT2D eigenvalue weighted by Gasteiger charge is -2.23. The van der Waals surface area contributed by atoms with Crippen molar-refractivity contribution in [3.8, 4) is 16.9 Å². The molecule has 0 aliphatic rings. The van der Waals surface area contributed by atoms with Gasteiger partial charge in [0.15, 0.2) is 0 Å². The Labute approximate surface area is 122 Å². The summed E-state index contributed by atoms with van der Waals surface area (Å²) in [6.07, 6.45) is 0. The molecule has 3 aromatic rings. The number of nitrogens with zero attached hydrogens (tertiary/aromatic N) is 3. The molecule has 0 fully saturated rings. The minimum atomic E-state index is -0.134. The summed E-state index contributed by atoms with van der Waals surface area (Å²) in [5.74, 6) is 0.183. The monoisotopic (exact) mass is 283 g/mol. The normalized spacial score (nSPS) is 12.0. The van der Waals surface area contributed by atoms with Crippen LogP contribution in [0, 0.1) is 0 Å². The Morgan fingerprint density at radius 2 is 1.71 bits per heavy atom. The molecule has 0 amide bonds. The SMILES string of the molecule is CC(C)(C)c1ccc2nn(O)nc2c1-c1ccccc1O. The molecule has 0 radical (unpaired) electrons. The molecular formula is C16H17N3O2. The van der Waals surface area contributed by atoms with Gasteiger partial charge < -0.3 is 10.3 Å². The molecule has 1 aromatic heterocycles. The minimum Gasteiger partial charge on any atom is -0.507 e. The lowest BCUT2D eigenvalue weighted by Crippen LogP contribution is -2.13. The van der Waals surface area contributed by atoms with Crippen molar-refractivity contribution in [3.63, 3.8) is 0 Å². The van der Waals surface area contributed by atoms with Crippen molar-refractivity contribution in [2.24, 2.45) is 0 Å². The maximum Gasteiger partial charge on any atom is 0.125 e. The van der Waals surface area contributed by atoms with E-state index in [0.717, 1.165) is 11.1 Å². The van der Waals surface area contributed by atoms with Crippen LogP contribution in [0.15, 0.2) is 36.4 Å². The van der Waals surface area contributed by atoms with Gasteiger partial charge in [-0.05, 0) is 28.1 Å². The Morgan fingerprint density at radius 1 is 1.00 bits per heavy atom. The fraction of sp³-hybridized carbons (Fsp3) is 0.250. The molecule has 0 atom stereocenters. The molecule has 2 aromatic carbocycles. The number of para-hydroxylation sites is 1. The summed E-state index contributed by atoms with van der Waals surface area (Å²) in [4.78, 5) is 0.570. The van der Waals surface area contributed by atoms with Crippen molar-refractivity contribution in [3.05, 3.63) is 42.0 Å². The molecule has 0 aliphatic carbocycles. The molecule has 0 bridgehead atoms. The first-order valence-electron chi connectivity index (χ1n) is 6.76. The van der Waals surface area contributed by atoms with Gasteiger partial charge in [0.25, 0.3) is 0 Å². The van der Waals surface area contributed by atoms with Gasteiger partial charge in [-0.1, -0.05) is 45.0 Å². The highest BCUT2D eigenvalue weighted by atomic mass is 16.5. The first kappa shape index (κ1) is 13.4. The average Bonchev–Trinajstić information content (AvgIpc) is 2.77. The quantitative estimate of drug-likeness (QED) is 0.672. The van der Waals surface area contributed by atoms with Crippen LogP contribution < -0.4 is 0 Å². The number of fused-ring (bicyclic) bond motifs is 1. The van der Waals surface area contributed by atoms with Crippen LogP contribution in [0.5, 0.6) is 5.75 Å². The number of aromatic hydroxyl groups is 1. The summed E-state index contributed by atoms with van der Waals surface area (Å²) in [6.45, 7) is 6.29. The van der Waals surface area contributed by atoms with Gasteiger partial charge in [0.1, 0.15) is 16.8 Å². The predicted molar refractivity (Wildman–Crippen MR) is 80.5 cm³/mol. The summed E-state index contributed by atoms with van der Waals surface area (Å²) in [5.41, 5.74) is 3.56. The molecule has 21 heavy (non-hydrogen) atoms. The topological polar surface area (TPSA) is 71.2 Å². The zero-order chi connectivity index (χ0) is 15.2. The highest BCUT2D eigenvalue weighted by Gasteiger charge is 2.24. The van der Waals surface area contributed by atoms with Crippen molar-refractivity contribution < 1.29 is 10.3 Å². The van der Waals surface area contributed by atoms with E-state index >= 15 is 0 Å². The third-order valence-corrected chi connectivity index (χ3v) is 3.52. The summed E-state index contributed by atoms with van der Waals surface area (Å²) in [6, 6.07) is 10.9. The van der Waals surface area contributed by atoms with Crippen molar-refractivity contribution >= 4 is 11.0 Å². The second kappa shape index (κ2) is 4.48. The summed E-state index contributed by atoms with van der Waals surface area (Å²) in [5, 5.41) is 27.7. The number of benzene rings is 2. The second-order valence-corrected chi connectivity index (χ2v) is 6.09. The average molecular weight is 283 g/mol. The van der Waals surface area contributed by atoms with Gasteiger partial charge >= 0.3 is 0 Å². The van der Waals surface area contributed by atoms with Gasteiger partial charge in [-0.15, -0.1) is 10.2 Å². The van der Waals surface area contributed by atoms with Crippen molar-refractivity contribution in [2.75, 3.05) is 0 Å². The van der Waals surface area contributed by atoms with Gasteiger partial charge in [-0.2, -0.15) is 0 Å². The van der Waals surface area contributed by atoms with E-state index in [2.05, 4.69) is 31.0 Å². The Hall–Kier alpha value is -2.56. The molecule has 1 heterocycles. The number of hydrogen-bond acceptors (Lipinski definition) is 4. The zero-order valence-corrected chi connectivity index (χ0v) is 12.2. The molecule has 0 spiro atoms. The number of aromatic nitrogens is 3. The van der Waals surface area contributed by atoms with E-state index in [1.807, 2.05) is 24.3 Å². The number of phenols is 1. The van der Waals surface area contributed by atoms with Gasteiger partial charge in [0, 0.05) is 11.1 Å². The van der Waals surface area contributed by atoms with Crippen LogP contribution in [0.4, 0.5) is 0 Å². The van der Waals surface area contributed by atoms with E-state index in [1.165, 1.54) is 0 Å². The molecule has 5 nitrogen and oxygen atoms in total. The standard InChI is InChI=1S/C16H17N3O2/c1-16(2,3)11-8-9-12-15(18-19(21)17-12)14(11)10-6-4-5-7-13(10)20/h4-9,20-21H,1-3H3. The van der Waals surface area contributed by atoms with Crippen LogP contribution in [-0.4, -0.2) is 25.5 Å². The zero-order valence-electron chi connectivity index (χ0n) is 12.2. The first-order valence-corrected chi connectivity index (χ1v) is 6.76. The van der Waals surface area contributed by atoms with Crippen molar-refractivity contribution in [2.45, 2.75) is 26.2 Å². The number of hydrogen-bond donors (Lipinski definition) is 2. The lowest BCUT2D eigenvalue weighted by molar-refractivity contribution is 0.113. The summed E-state index contributed by atoms with van der Waals surface area (Å²) >= 11 is 0. The number of rotatable bonds is 1.